The summed E-state index contributed by atoms with van der Waals surface area (Å²) in [5, 5.41) is 1.76. The fraction of sp³-hybridized carbons (Fsp3) is 0.238. The largest absolute Gasteiger partial charge is 0.357 e. The molecule has 136 valence electrons. The first-order valence-electron chi connectivity index (χ1n) is 9.07. The zero-order valence-corrected chi connectivity index (χ0v) is 15.4. The standard InChI is InChI=1S/C21H18ClN3O2/c22-13-4-3-5-14(10-13)25-20(26)11-19(21(25)27)24-9-8-16-15-6-1-2-7-17(15)23-18(16)12-24/h1-7,10,19,23H,8-9,11-12H2. The molecule has 1 unspecified atom stereocenters. The van der Waals surface area contributed by atoms with Gasteiger partial charge in [0.25, 0.3) is 5.91 Å². The highest BCUT2D eigenvalue weighted by Gasteiger charge is 2.43. The van der Waals surface area contributed by atoms with Crippen LogP contribution in [0.3, 0.4) is 0 Å². The van der Waals surface area contributed by atoms with E-state index in [-0.39, 0.29) is 18.2 Å². The predicted molar refractivity (Wildman–Crippen MR) is 105 cm³/mol. The molecule has 1 N–H and O–H groups in total. The molecule has 2 amide bonds. The van der Waals surface area contributed by atoms with Gasteiger partial charge in [-0.15, -0.1) is 0 Å². The number of hydrogen-bond acceptors (Lipinski definition) is 3. The van der Waals surface area contributed by atoms with E-state index < -0.39 is 6.04 Å². The van der Waals surface area contributed by atoms with Crippen molar-refractivity contribution < 1.29 is 9.59 Å². The number of benzene rings is 2. The monoisotopic (exact) mass is 379 g/mol. The van der Waals surface area contributed by atoms with Crippen LogP contribution in [0.5, 0.6) is 0 Å². The number of anilines is 1. The summed E-state index contributed by atoms with van der Waals surface area (Å²) in [5.74, 6) is -0.337. The van der Waals surface area contributed by atoms with Crippen molar-refractivity contribution in [3.8, 4) is 0 Å². The maximum Gasteiger partial charge on any atom is 0.251 e. The van der Waals surface area contributed by atoms with Crippen LogP contribution in [0.2, 0.25) is 5.02 Å². The van der Waals surface area contributed by atoms with Crippen molar-refractivity contribution >= 4 is 40.0 Å². The average Bonchev–Trinajstić information content (AvgIpc) is 3.18. The Labute approximate surface area is 161 Å². The van der Waals surface area contributed by atoms with Crippen LogP contribution in [0.1, 0.15) is 17.7 Å². The first-order valence-corrected chi connectivity index (χ1v) is 9.44. The number of fused-ring (bicyclic) bond motifs is 3. The summed E-state index contributed by atoms with van der Waals surface area (Å²) in [6, 6.07) is 14.7. The summed E-state index contributed by atoms with van der Waals surface area (Å²) >= 11 is 6.03. The van der Waals surface area contributed by atoms with E-state index in [0.717, 1.165) is 24.2 Å². The van der Waals surface area contributed by atoms with Crippen LogP contribution in [0, 0.1) is 0 Å². The highest BCUT2D eigenvalue weighted by Crippen LogP contribution is 2.32. The van der Waals surface area contributed by atoms with Gasteiger partial charge in [0.15, 0.2) is 0 Å². The summed E-state index contributed by atoms with van der Waals surface area (Å²) in [7, 11) is 0. The van der Waals surface area contributed by atoms with E-state index >= 15 is 0 Å². The number of imide groups is 1. The van der Waals surface area contributed by atoms with Gasteiger partial charge >= 0.3 is 0 Å². The number of rotatable bonds is 2. The first kappa shape index (κ1) is 16.5. The third-order valence-corrected chi connectivity index (χ3v) is 5.78. The van der Waals surface area contributed by atoms with Crippen molar-refractivity contribution in [3.63, 3.8) is 0 Å². The topological polar surface area (TPSA) is 56.4 Å². The number of halogens is 1. The molecular formula is C21H18ClN3O2. The second-order valence-corrected chi connectivity index (χ2v) is 7.55. The minimum atomic E-state index is -0.420. The van der Waals surface area contributed by atoms with E-state index in [0.29, 0.717) is 17.3 Å². The molecule has 0 radical (unpaired) electrons. The Morgan fingerprint density at radius 2 is 1.93 bits per heavy atom. The number of nitrogens with zero attached hydrogens (tertiary/aromatic N) is 2. The molecule has 6 heteroatoms. The van der Waals surface area contributed by atoms with E-state index in [9.17, 15) is 9.59 Å². The zero-order chi connectivity index (χ0) is 18.5. The molecule has 1 saturated heterocycles. The van der Waals surface area contributed by atoms with E-state index in [1.165, 1.54) is 15.8 Å². The molecule has 2 aliphatic heterocycles. The van der Waals surface area contributed by atoms with Crippen molar-refractivity contribution in [2.45, 2.75) is 25.4 Å². The predicted octanol–water partition coefficient (Wildman–Crippen LogP) is 3.51. The van der Waals surface area contributed by atoms with Crippen molar-refractivity contribution in [3.05, 3.63) is 64.8 Å². The maximum absolute atomic E-state index is 13.0. The van der Waals surface area contributed by atoms with Crippen LogP contribution in [-0.4, -0.2) is 34.3 Å². The van der Waals surface area contributed by atoms with Gasteiger partial charge in [0.05, 0.1) is 18.2 Å². The number of H-pyrrole nitrogens is 1. The van der Waals surface area contributed by atoms with Gasteiger partial charge in [-0.1, -0.05) is 35.9 Å². The van der Waals surface area contributed by atoms with E-state index in [4.69, 9.17) is 11.6 Å². The second kappa shape index (κ2) is 6.22. The molecular weight excluding hydrogens is 362 g/mol. The number of amides is 2. The summed E-state index contributed by atoms with van der Waals surface area (Å²) in [5.41, 5.74) is 4.14. The lowest BCUT2D eigenvalue weighted by atomic mass is 10.0. The molecule has 1 fully saturated rings. The number of para-hydroxylation sites is 1. The molecule has 1 atom stereocenters. The van der Waals surface area contributed by atoms with E-state index in [1.807, 2.05) is 12.1 Å². The number of aromatic amines is 1. The molecule has 5 rings (SSSR count). The highest BCUT2D eigenvalue weighted by molar-refractivity contribution is 6.31. The van der Waals surface area contributed by atoms with Crippen LogP contribution in [-0.2, 0) is 22.6 Å². The van der Waals surface area contributed by atoms with Gasteiger partial charge in [0.2, 0.25) is 5.91 Å². The van der Waals surface area contributed by atoms with Crippen molar-refractivity contribution in [2.24, 2.45) is 0 Å². The van der Waals surface area contributed by atoms with Gasteiger partial charge < -0.3 is 4.98 Å². The number of aromatic nitrogens is 1. The Kier molecular flexibility index (Phi) is 3.81. The summed E-state index contributed by atoms with van der Waals surface area (Å²) in [6.07, 6.45) is 1.08. The van der Waals surface area contributed by atoms with Gasteiger partial charge in [-0.25, -0.2) is 4.90 Å². The second-order valence-electron chi connectivity index (χ2n) is 7.12. The number of hydrogen-bond donors (Lipinski definition) is 1. The average molecular weight is 380 g/mol. The van der Waals surface area contributed by atoms with E-state index in [2.05, 4.69) is 22.0 Å². The lowest BCUT2D eigenvalue weighted by molar-refractivity contribution is -0.123. The van der Waals surface area contributed by atoms with Crippen molar-refractivity contribution in [2.75, 3.05) is 11.4 Å². The molecule has 1 aromatic heterocycles. The molecule has 3 heterocycles. The lowest BCUT2D eigenvalue weighted by Gasteiger charge is -2.30. The van der Waals surface area contributed by atoms with Crippen LogP contribution in [0.25, 0.3) is 10.9 Å². The molecule has 2 aliphatic rings. The fourth-order valence-electron chi connectivity index (χ4n) is 4.27. The molecule has 27 heavy (non-hydrogen) atoms. The zero-order valence-electron chi connectivity index (χ0n) is 14.6. The fourth-order valence-corrected chi connectivity index (χ4v) is 4.45. The van der Waals surface area contributed by atoms with Gasteiger partial charge in [-0.2, -0.15) is 0 Å². The van der Waals surface area contributed by atoms with Gasteiger partial charge in [-0.05, 0) is 36.2 Å². The van der Waals surface area contributed by atoms with Crippen LogP contribution >= 0.6 is 11.6 Å². The van der Waals surface area contributed by atoms with Crippen LogP contribution in [0.4, 0.5) is 5.69 Å². The van der Waals surface area contributed by atoms with Crippen molar-refractivity contribution in [1.82, 2.24) is 9.88 Å². The Bertz CT molecular complexity index is 1070. The Hall–Kier alpha value is -2.63. The minimum absolute atomic E-state index is 0.165. The number of carbonyl (C=O) groups excluding carboxylic acids is 2. The van der Waals surface area contributed by atoms with E-state index in [1.54, 1.807) is 24.3 Å². The smallest absolute Gasteiger partial charge is 0.251 e. The third-order valence-electron chi connectivity index (χ3n) is 5.54. The minimum Gasteiger partial charge on any atom is -0.357 e. The Balaban J connectivity index is 1.43. The Morgan fingerprint density at radius 1 is 1.07 bits per heavy atom. The number of nitrogens with one attached hydrogen (secondary N) is 1. The Morgan fingerprint density at radius 3 is 2.78 bits per heavy atom. The lowest BCUT2D eigenvalue weighted by Crippen LogP contribution is -2.44. The molecule has 3 aromatic rings. The summed E-state index contributed by atoms with van der Waals surface area (Å²) in [4.78, 5) is 32.5. The maximum atomic E-state index is 13.0. The van der Waals surface area contributed by atoms with Crippen LogP contribution < -0.4 is 4.90 Å². The molecule has 0 spiro atoms. The molecule has 0 saturated carbocycles. The van der Waals surface area contributed by atoms with Gasteiger partial charge in [-0.3, -0.25) is 14.5 Å². The molecule has 5 nitrogen and oxygen atoms in total. The quantitative estimate of drug-likeness (QED) is 0.693. The third kappa shape index (κ3) is 2.66. The normalized spacial score (nSPS) is 20.5. The van der Waals surface area contributed by atoms with Crippen LogP contribution in [0.15, 0.2) is 48.5 Å². The SMILES string of the molecule is O=C1CC(N2CCc3c([nH]c4ccccc34)C2)C(=O)N1c1cccc(Cl)c1. The molecule has 0 bridgehead atoms. The van der Waals surface area contributed by atoms with Gasteiger partial charge in [0, 0.05) is 34.7 Å². The highest BCUT2D eigenvalue weighted by atomic mass is 35.5. The van der Waals surface area contributed by atoms with Gasteiger partial charge in [0.1, 0.15) is 0 Å². The summed E-state index contributed by atoms with van der Waals surface area (Å²) < 4.78 is 0. The molecule has 2 aromatic carbocycles. The molecule has 0 aliphatic carbocycles. The first-order chi connectivity index (χ1) is 13.1. The summed E-state index contributed by atoms with van der Waals surface area (Å²) in [6.45, 7) is 1.42. The van der Waals surface area contributed by atoms with Crippen molar-refractivity contribution in [1.29, 1.82) is 0 Å². The number of carbonyl (C=O) groups is 2.